The lowest BCUT2D eigenvalue weighted by atomic mass is 10.2. The van der Waals surface area contributed by atoms with Crippen molar-refractivity contribution in [3.63, 3.8) is 0 Å². The minimum atomic E-state index is -1.02. The Labute approximate surface area is 92.4 Å². The molecule has 0 aliphatic carbocycles. The summed E-state index contributed by atoms with van der Waals surface area (Å²) in [7, 11) is 0. The van der Waals surface area contributed by atoms with Crippen LogP contribution in [0.15, 0.2) is 24.3 Å². The van der Waals surface area contributed by atoms with Gasteiger partial charge in [0.25, 0.3) is 0 Å². The van der Waals surface area contributed by atoms with Gasteiger partial charge in [0.2, 0.25) is 0 Å². The third-order valence-corrected chi connectivity index (χ3v) is 2.61. The molecule has 0 spiro atoms. The molecule has 2 aromatic rings. The molecule has 2 atom stereocenters. The third-order valence-electron chi connectivity index (χ3n) is 2.24. The summed E-state index contributed by atoms with van der Waals surface area (Å²) in [5.74, 6) is 0.566. The summed E-state index contributed by atoms with van der Waals surface area (Å²) in [6.07, 6.45) is -1.93. The smallest absolute Gasteiger partial charge is 0.138 e. The van der Waals surface area contributed by atoms with Crippen molar-refractivity contribution in [1.82, 2.24) is 9.97 Å². The molecular weight excluding hydrogens is 212 g/mol. The molecule has 1 aromatic heterocycles. The highest BCUT2D eigenvalue weighted by atomic mass is 32.1. The number of nitrogens with zero attached hydrogens (tertiary/aromatic N) is 1. The molecule has 0 saturated heterocycles. The Kier molecular flexibility index (Phi) is 2.95. The molecule has 1 heterocycles. The fourth-order valence-corrected chi connectivity index (χ4v) is 1.59. The molecule has 1 aromatic carbocycles. The van der Waals surface area contributed by atoms with Crippen molar-refractivity contribution in [3.05, 3.63) is 30.1 Å². The van der Waals surface area contributed by atoms with E-state index in [9.17, 15) is 10.2 Å². The van der Waals surface area contributed by atoms with Crippen LogP contribution in [-0.4, -0.2) is 32.0 Å². The first-order chi connectivity index (χ1) is 7.22. The van der Waals surface area contributed by atoms with Gasteiger partial charge >= 0.3 is 0 Å². The van der Waals surface area contributed by atoms with Crippen LogP contribution in [0.4, 0.5) is 0 Å². The second-order valence-electron chi connectivity index (χ2n) is 3.33. The van der Waals surface area contributed by atoms with Crippen LogP contribution in [0, 0.1) is 0 Å². The molecule has 0 bridgehead atoms. The summed E-state index contributed by atoms with van der Waals surface area (Å²) in [5.41, 5.74) is 1.62. The van der Waals surface area contributed by atoms with Crippen LogP contribution in [0.25, 0.3) is 11.0 Å². The van der Waals surface area contributed by atoms with Gasteiger partial charge in [0.05, 0.1) is 17.1 Å². The maximum absolute atomic E-state index is 9.70. The molecule has 0 amide bonds. The van der Waals surface area contributed by atoms with E-state index in [1.165, 1.54) is 0 Å². The highest BCUT2D eigenvalue weighted by Crippen LogP contribution is 2.18. The van der Waals surface area contributed by atoms with Crippen molar-refractivity contribution in [3.8, 4) is 0 Å². The average molecular weight is 224 g/mol. The molecule has 80 valence electrons. The number of para-hydroxylation sites is 2. The normalized spacial score (nSPS) is 15.4. The number of benzene rings is 1. The van der Waals surface area contributed by atoms with E-state index in [-0.39, 0.29) is 5.75 Å². The second kappa shape index (κ2) is 4.22. The number of fused-ring (bicyclic) bond motifs is 1. The number of nitrogens with one attached hydrogen (secondary N) is 1. The zero-order valence-corrected chi connectivity index (χ0v) is 8.85. The number of aliphatic hydroxyl groups is 2. The second-order valence-corrected chi connectivity index (χ2v) is 3.70. The van der Waals surface area contributed by atoms with Crippen LogP contribution in [0.5, 0.6) is 0 Å². The molecule has 0 radical (unpaired) electrons. The van der Waals surface area contributed by atoms with E-state index in [0.717, 1.165) is 11.0 Å². The van der Waals surface area contributed by atoms with E-state index in [1.54, 1.807) is 0 Å². The summed E-state index contributed by atoms with van der Waals surface area (Å²) < 4.78 is 0. The van der Waals surface area contributed by atoms with Crippen LogP contribution in [-0.2, 0) is 0 Å². The number of aromatic amines is 1. The van der Waals surface area contributed by atoms with Crippen LogP contribution < -0.4 is 0 Å². The lowest BCUT2D eigenvalue weighted by Crippen LogP contribution is -2.20. The highest BCUT2D eigenvalue weighted by molar-refractivity contribution is 7.80. The molecule has 2 unspecified atom stereocenters. The van der Waals surface area contributed by atoms with E-state index in [4.69, 9.17) is 0 Å². The van der Waals surface area contributed by atoms with Crippen LogP contribution in [0.3, 0.4) is 0 Å². The summed E-state index contributed by atoms with van der Waals surface area (Å²) in [6.45, 7) is 0. The van der Waals surface area contributed by atoms with E-state index in [2.05, 4.69) is 22.6 Å². The molecule has 4 nitrogen and oxygen atoms in total. The summed E-state index contributed by atoms with van der Waals surface area (Å²) >= 11 is 3.92. The lowest BCUT2D eigenvalue weighted by Gasteiger charge is -2.12. The van der Waals surface area contributed by atoms with E-state index >= 15 is 0 Å². The number of H-pyrrole nitrogens is 1. The number of aliphatic hydroxyl groups excluding tert-OH is 2. The number of hydrogen-bond acceptors (Lipinski definition) is 4. The van der Waals surface area contributed by atoms with Crippen LogP contribution in [0.2, 0.25) is 0 Å². The fraction of sp³-hybridized carbons (Fsp3) is 0.300. The topological polar surface area (TPSA) is 69.1 Å². The number of thiol groups is 1. The van der Waals surface area contributed by atoms with Crippen molar-refractivity contribution >= 4 is 23.7 Å². The first-order valence-corrected chi connectivity index (χ1v) is 5.27. The molecule has 0 aliphatic rings. The van der Waals surface area contributed by atoms with E-state index in [1.807, 2.05) is 24.3 Å². The monoisotopic (exact) mass is 224 g/mol. The Balaban J connectivity index is 2.36. The van der Waals surface area contributed by atoms with Gasteiger partial charge in [0, 0.05) is 5.75 Å². The number of aromatic nitrogens is 2. The molecule has 5 heteroatoms. The standard InChI is InChI=1S/C10H12N2O2S/c13-8(5-15)9(14)10-11-6-3-1-2-4-7(6)12-10/h1-4,8-9,13-15H,5H2,(H,11,12). The van der Waals surface area contributed by atoms with Gasteiger partial charge in [-0.2, -0.15) is 12.6 Å². The van der Waals surface area contributed by atoms with Gasteiger partial charge < -0.3 is 15.2 Å². The van der Waals surface area contributed by atoms with Crippen molar-refractivity contribution < 1.29 is 10.2 Å². The van der Waals surface area contributed by atoms with E-state index in [0.29, 0.717) is 5.82 Å². The lowest BCUT2D eigenvalue weighted by molar-refractivity contribution is 0.0288. The number of rotatable bonds is 3. The molecule has 0 saturated carbocycles. The zero-order valence-electron chi connectivity index (χ0n) is 7.96. The third kappa shape index (κ3) is 1.99. The minimum Gasteiger partial charge on any atom is -0.389 e. The van der Waals surface area contributed by atoms with Gasteiger partial charge in [-0.3, -0.25) is 0 Å². The molecule has 2 rings (SSSR count). The van der Waals surface area contributed by atoms with Crippen molar-refractivity contribution in [2.75, 3.05) is 5.75 Å². The predicted octanol–water partition coefficient (Wildman–Crippen LogP) is 0.887. The van der Waals surface area contributed by atoms with Gasteiger partial charge in [-0.05, 0) is 12.1 Å². The van der Waals surface area contributed by atoms with Crippen molar-refractivity contribution in [1.29, 1.82) is 0 Å². The Morgan fingerprint density at radius 3 is 2.73 bits per heavy atom. The molecule has 15 heavy (non-hydrogen) atoms. The van der Waals surface area contributed by atoms with Gasteiger partial charge in [-0.15, -0.1) is 0 Å². The zero-order chi connectivity index (χ0) is 10.8. The van der Waals surface area contributed by atoms with Crippen LogP contribution in [0.1, 0.15) is 11.9 Å². The summed E-state index contributed by atoms with van der Waals surface area (Å²) in [5, 5.41) is 19.1. The van der Waals surface area contributed by atoms with Gasteiger partial charge in [0.15, 0.2) is 0 Å². The Bertz CT molecular complexity index is 424. The van der Waals surface area contributed by atoms with Gasteiger partial charge in [0.1, 0.15) is 11.9 Å². The molecule has 3 N–H and O–H groups in total. The maximum Gasteiger partial charge on any atom is 0.138 e. The minimum absolute atomic E-state index is 0.193. The number of hydrogen-bond donors (Lipinski definition) is 4. The first-order valence-electron chi connectivity index (χ1n) is 4.64. The Morgan fingerprint density at radius 1 is 1.33 bits per heavy atom. The highest BCUT2D eigenvalue weighted by Gasteiger charge is 2.20. The average Bonchev–Trinajstić information content (AvgIpc) is 2.70. The van der Waals surface area contributed by atoms with Gasteiger partial charge in [-0.1, -0.05) is 12.1 Å². The summed E-state index contributed by atoms with van der Waals surface area (Å²) in [6, 6.07) is 7.46. The quantitative estimate of drug-likeness (QED) is 0.585. The predicted molar refractivity (Wildman–Crippen MR) is 60.9 cm³/mol. The molecule has 0 aliphatic heterocycles. The van der Waals surface area contributed by atoms with E-state index < -0.39 is 12.2 Å². The summed E-state index contributed by atoms with van der Waals surface area (Å²) in [4.78, 5) is 7.14. The van der Waals surface area contributed by atoms with Crippen molar-refractivity contribution in [2.45, 2.75) is 12.2 Å². The molecular formula is C10H12N2O2S. The number of imidazole rings is 1. The largest absolute Gasteiger partial charge is 0.389 e. The van der Waals surface area contributed by atoms with Crippen LogP contribution >= 0.6 is 12.6 Å². The Morgan fingerprint density at radius 2 is 2.07 bits per heavy atom. The maximum atomic E-state index is 9.70. The fourth-order valence-electron chi connectivity index (χ4n) is 1.39. The first kappa shape index (κ1) is 10.5. The van der Waals surface area contributed by atoms with Crippen molar-refractivity contribution in [2.24, 2.45) is 0 Å². The Hall–Kier alpha value is -1.04. The molecule has 0 fully saturated rings. The van der Waals surface area contributed by atoms with Gasteiger partial charge in [-0.25, -0.2) is 4.98 Å². The SMILES string of the molecule is OC(CS)C(O)c1nc2ccccc2[nH]1.